The molecule has 9 heteroatoms. The molecule has 0 unspecified atom stereocenters. The van der Waals surface area contributed by atoms with Crippen molar-refractivity contribution in [2.75, 3.05) is 26.4 Å². The van der Waals surface area contributed by atoms with E-state index in [2.05, 4.69) is 0 Å². The van der Waals surface area contributed by atoms with E-state index in [1.807, 2.05) is 22.9 Å². The second kappa shape index (κ2) is 6.34. The van der Waals surface area contributed by atoms with Gasteiger partial charge in [0.1, 0.15) is 26.4 Å². The standard InChI is InChI=1S/C21H12O5S4/c22-15-9-5-13(20-16-11(7-27-20)23-1-3-25-16)29-18(9)19-10(15)6-14(30-19)21-17-12(8-28-21)24-2-4-26-17/h5-8H,1-4H2. The Morgan fingerprint density at radius 1 is 0.633 bits per heavy atom. The van der Waals surface area contributed by atoms with Crippen LogP contribution >= 0.6 is 45.3 Å². The summed E-state index contributed by atoms with van der Waals surface area (Å²) in [7, 11) is 0. The maximum absolute atomic E-state index is 13.1. The number of fused-ring (bicyclic) bond motifs is 5. The third kappa shape index (κ3) is 2.34. The Labute approximate surface area is 187 Å². The summed E-state index contributed by atoms with van der Waals surface area (Å²) < 4.78 is 23.0. The second-order valence-electron chi connectivity index (χ2n) is 6.95. The Morgan fingerprint density at radius 2 is 1.10 bits per heavy atom. The molecule has 1 aliphatic carbocycles. The minimum atomic E-state index is 0.0928. The van der Waals surface area contributed by atoms with E-state index in [-0.39, 0.29) is 5.78 Å². The van der Waals surface area contributed by atoms with Crippen LogP contribution in [0.3, 0.4) is 0 Å². The van der Waals surface area contributed by atoms with Crippen molar-refractivity contribution in [3.05, 3.63) is 34.0 Å². The van der Waals surface area contributed by atoms with Crippen molar-refractivity contribution in [2.45, 2.75) is 0 Å². The smallest absolute Gasteiger partial charge is 0.196 e. The Bertz CT molecular complexity index is 1240. The lowest BCUT2D eigenvalue weighted by atomic mass is 10.1. The summed E-state index contributed by atoms with van der Waals surface area (Å²) >= 11 is 6.50. The summed E-state index contributed by atoms with van der Waals surface area (Å²) in [6.07, 6.45) is 0. The zero-order valence-corrected chi connectivity index (χ0v) is 18.6. The molecule has 0 fully saturated rings. The van der Waals surface area contributed by atoms with E-state index in [0.717, 1.165) is 63.4 Å². The van der Waals surface area contributed by atoms with Crippen molar-refractivity contribution < 1.29 is 23.7 Å². The van der Waals surface area contributed by atoms with Crippen LogP contribution in [0.2, 0.25) is 0 Å². The number of ether oxygens (including phenoxy) is 4. The molecular formula is C21H12O5S4. The molecule has 4 aromatic heterocycles. The number of carbonyl (C=O) groups is 1. The lowest BCUT2D eigenvalue weighted by molar-refractivity contribution is 0.104. The highest BCUT2D eigenvalue weighted by molar-refractivity contribution is 7.29. The Kier molecular flexibility index (Phi) is 3.67. The van der Waals surface area contributed by atoms with E-state index in [9.17, 15) is 4.79 Å². The third-order valence-corrected chi connectivity index (χ3v) is 9.88. The van der Waals surface area contributed by atoms with Crippen LogP contribution in [0.4, 0.5) is 0 Å². The maximum atomic E-state index is 13.1. The van der Waals surface area contributed by atoms with Gasteiger partial charge in [-0.3, -0.25) is 4.79 Å². The minimum absolute atomic E-state index is 0.0928. The van der Waals surface area contributed by atoms with Gasteiger partial charge in [-0.1, -0.05) is 0 Å². The molecule has 4 aromatic rings. The first-order valence-corrected chi connectivity index (χ1v) is 12.7. The highest BCUT2D eigenvalue weighted by atomic mass is 32.1. The highest BCUT2D eigenvalue weighted by Crippen LogP contribution is 2.56. The molecule has 0 aromatic carbocycles. The van der Waals surface area contributed by atoms with Gasteiger partial charge >= 0.3 is 0 Å². The van der Waals surface area contributed by atoms with Crippen LogP contribution in [0.15, 0.2) is 22.9 Å². The van der Waals surface area contributed by atoms with Crippen molar-refractivity contribution >= 4 is 51.1 Å². The van der Waals surface area contributed by atoms with Crippen LogP contribution in [0, 0.1) is 0 Å². The fourth-order valence-corrected chi connectivity index (χ4v) is 8.46. The Morgan fingerprint density at radius 3 is 1.60 bits per heavy atom. The predicted octanol–water partition coefficient (Wildman–Crippen LogP) is 6.02. The van der Waals surface area contributed by atoms with E-state index >= 15 is 0 Å². The minimum Gasteiger partial charge on any atom is -0.485 e. The molecule has 3 aliphatic rings. The van der Waals surface area contributed by atoms with Crippen LogP contribution in [0.1, 0.15) is 15.9 Å². The van der Waals surface area contributed by atoms with Crippen LogP contribution in [0.25, 0.3) is 29.3 Å². The molecule has 0 saturated carbocycles. The Hall–Kier alpha value is -2.33. The SMILES string of the molecule is O=C1c2cc(-c3scc4c3OCCO4)sc2-c2sc(-c3scc4c3OCCO4)cc21. The molecule has 0 bridgehead atoms. The predicted molar refractivity (Wildman–Crippen MR) is 120 cm³/mol. The van der Waals surface area contributed by atoms with E-state index in [1.165, 1.54) is 0 Å². The Balaban J connectivity index is 1.32. The van der Waals surface area contributed by atoms with Crippen LogP contribution in [-0.4, -0.2) is 32.2 Å². The molecule has 5 nitrogen and oxygen atoms in total. The van der Waals surface area contributed by atoms with Crippen molar-refractivity contribution in [1.82, 2.24) is 0 Å². The quantitative estimate of drug-likeness (QED) is 0.314. The van der Waals surface area contributed by atoms with Crippen LogP contribution in [0.5, 0.6) is 23.0 Å². The normalized spacial score (nSPS) is 15.9. The molecule has 0 spiro atoms. The molecule has 2 aliphatic heterocycles. The van der Waals surface area contributed by atoms with Gasteiger partial charge in [-0.25, -0.2) is 0 Å². The number of hydrogen-bond donors (Lipinski definition) is 0. The lowest BCUT2D eigenvalue weighted by Crippen LogP contribution is -2.14. The number of ketones is 1. The second-order valence-corrected chi connectivity index (χ2v) is 10.8. The average molecular weight is 473 g/mol. The van der Waals surface area contributed by atoms with E-state index in [0.29, 0.717) is 26.4 Å². The first-order chi connectivity index (χ1) is 14.8. The van der Waals surface area contributed by atoms with Gasteiger partial charge in [0.25, 0.3) is 0 Å². The summed E-state index contributed by atoms with van der Waals surface area (Å²) in [6, 6.07) is 4.01. The molecule has 30 heavy (non-hydrogen) atoms. The first kappa shape index (κ1) is 17.4. The number of rotatable bonds is 2. The van der Waals surface area contributed by atoms with Crippen LogP contribution < -0.4 is 18.9 Å². The summed E-state index contributed by atoms with van der Waals surface area (Å²) in [6.45, 7) is 2.25. The van der Waals surface area contributed by atoms with Gasteiger partial charge < -0.3 is 18.9 Å². The van der Waals surface area contributed by atoms with Gasteiger partial charge in [-0.2, -0.15) is 0 Å². The van der Waals surface area contributed by atoms with Crippen molar-refractivity contribution in [2.24, 2.45) is 0 Å². The van der Waals surface area contributed by atoms with Gasteiger partial charge in [0, 0.05) is 31.6 Å². The average Bonchev–Trinajstić information content (AvgIpc) is 3.56. The van der Waals surface area contributed by atoms with Crippen molar-refractivity contribution in [3.63, 3.8) is 0 Å². The summed E-state index contributed by atoms with van der Waals surface area (Å²) in [5.41, 5.74) is 1.57. The zero-order chi connectivity index (χ0) is 19.8. The van der Waals surface area contributed by atoms with Crippen LogP contribution in [-0.2, 0) is 0 Å². The molecule has 0 amide bonds. The summed E-state index contributed by atoms with van der Waals surface area (Å²) in [5, 5.41) is 3.96. The van der Waals surface area contributed by atoms with Crippen molar-refractivity contribution in [3.8, 4) is 52.3 Å². The molecule has 150 valence electrons. The third-order valence-electron chi connectivity index (χ3n) is 5.21. The molecule has 6 heterocycles. The largest absolute Gasteiger partial charge is 0.485 e. The number of hydrogen-bond acceptors (Lipinski definition) is 9. The topological polar surface area (TPSA) is 54.0 Å². The number of carbonyl (C=O) groups excluding carboxylic acids is 1. The maximum Gasteiger partial charge on any atom is 0.196 e. The zero-order valence-electron chi connectivity index (χ0n) is 15.3. The molecule has 0 saturated heterocycles. The van der Waals surface area contributed by atoms with E-state index in [4.69, 9.17) is 18.9 Å². The monoisotopic (exact) mass is 472 g/mol. The fraction of sp³-hybridized carbons (Fsp3) is 0.190. The van der Waals surface area contributed by atoms with E-state index < -0.39 is 0 Å². The van der Waals surface area contributed by atoms with Crippen molar-refractivity contribution in [1.29, 1.82) is 0 Å². The molecule has 7 rings (SSSR count). The van der Waals surface area contributed by atoms with Gasteiger partial charge in [0.05, 0.1) is 19.5 Å². The van der Waals surface area contributed by atoms with Gasteiger partial charge in [0.15, 0.2) is 28.8 Å². The van der Waals surface area contributed by atoms with Gasteiger partial charge in [-0.15, -0.1) is 45.3 Å². The van der Waals surface area contributed by atoms with Gasteiger partial charge in [0.2, 0.25) is 0 Å². The lowest BCUT2D eigenvalue weighted by Gasteiger charge is -2.15. The summed E-state index contributed by atoms with van der Waals surface area (Å²) in [4.78, 5) is 19.4. The highest BCUT2D eigenvalue weighted by Gasteiger charge is 2.34. The molecule has 0 atom stereocenters. The molecule has 0 N–H and O–H groups in total. The molecular weight excluding hydrogens is 460 g/mol. The number of thiophene rings is 4. The molecule has 0 radical (unpaired) electrons. The van der Waals surface area contributed by atoms with Gasteiger partial charge in [-0.05, 0) is 12.1 Å². The van der Waals surface area contributed by atoms with E-state index in [1.54, 1.807) is 45.3 Å². The summed E-state index contributed by atoms with van der Waals surface area (Å²) in [5.74, 6) is 3.28. The first-order valence-electron chi connectivity index (χ1n) is 9.35. The fourth-order valence-electron chi connectivity index (χ4n) is 3.89.